The van der Waals surface area contributed by atoms with Gasteiger partial charge >= 0.3 is 0 Å². The average molecular weight is 318 g/mol. The summed E-state index contributed by atoms with van der Waals surface area (Å²) >= 11 is 0. The van der Waals surface area contributed by atoms with E-state index >= 15 is 0 Å². The third-order valence-corrected chi connectivity index (χ3v) is 8.13. The van der Waals surface area contributed by atoms with Crippen molar-refractivity contribution in [3.63, 3.8) is 0 Å². The second kappa shape index (κ2) is 5.36. The summed E-state index contributed by atoms with van der Waals surface area (Å²) in [5, 5.41) is 0. The topological polar surface area (TPSA) is 9.23 Å². The predicted molar refractivity (Wildman–Crippen MR) is 91.7 cm³/mol. The lowest BCUT2D eigenvalue weighted by Crippen LogP contribution is -2.53. The van der Waals surface area contributed by atoms with Crippen LogP contribution in [-0.2, 0) is 4.74 Å². The van der Waals surface area contributed by atoms with Gasteiger partial charge < -0.3 is 4.74 Å². The van der Waals surface area contributed by atoms with Crippen molar-refractivity contribution in [3.8, 4) is 0 Å². The van der Waals surface area contributed by atoms with Gasteiger partial charge in [-0.05, 0) is 67.8 Å². The first-order chi connectivity index (χ1) is 11.0. The summed E-state index contributed by atoms with van der Waals surface area (Å²) in [5.41, 5.74) is 1.83. The number of fused-ring (bicyclic) bond motifs is 5. The summed E-state index contributed by atoms with van der Waals surface area (Å²) < 4.78 is 20.3. The fourth-order valence-electron chi connectivity index (χ4n) is 6.58. The minimum atomic E-state index is -0.577. The molecule has 2 fully saturated rings. The van der Waals surface area contributed by atoms with E-state index in [-0.39, 0.29) is 10.8 Å². The van der Waals surface area contributed by atoms with E-state index in [9.17, 15) is 4.39 Å². The molecule has 0 radical (unpaired) electrons. The first-order valence-corrected chi connectivity index (χ1v) is 9.55. The molecule has 0 aromatic heterocycles. The van der Waals surface area contributed by atoms with Gasteiger partial charge in [-0.2, -0.15) is 0 Å². The molecular weight excluding hydrogens is 287 g/mol. The highest BCUT2D eigenvalue weighted by molar-refractivity contribution is 5.30. The second-order valence-corrected chi connectivity index (χ2v) is 8.96. The third kappa shape index (κ3) is 2.16. The molecular formula is C21H31FO. The van der Waals surface area contributed by atoms with E-state index in [2.05, 4.69) is 26.0 Å². The Balaban J connectivity index is 1.66. The number of methoxy groups -OCH3 is 1. The van der Waals surface area contributed by atoms with Crippen LogP contribution in [0.15, 0.2) is 23.5 Å². The van der Waals surface area contributed by atoms with Crippen LogP contribution in [0.25, 0.3) is 0 Å². The Morgan fingerprint density at radius 2 is 1.96 bits per heavy atom. The van der Waals surface area contributed by atoms with Crippen molar-refractivity contribution in [1.29, 1.82) is 0 Å². The maximum Gasteiger partial charge on any atom is 0.106 e. The molecule has 0 aromatic rings. The molecule has 2 heteroatoms. The predicted octanol–water partition coefficient (Wildman–Crippen LogP) is 5.82. The van der Waals surface area contributed by atoms with Crippen LogP contribution < -0.4 is 0 Å². The van der Waals surface area contributed by atoms with Crippen molar-refractivity contribution in [2.24, 2.45) is 28.6 Å². The van der Waals surface area contributed by atoms with Gasteiger partial charge in [0.25, 0.3) is 0 Å². The quantitative estimate of drug-likeness (QED) is 0.554. The summed E-state index contributed by atoms with van der Waals surface area (Å²) in [5.74, 6) is 3.15. The number of hydrogen-bond donors (Lipinski definition) is 0. The minimum Gasteiger partial charge on any atom is -0.501 e. The van der Waals surface area contributed by atoms with Crippen LogP contribution in [0.5, 0.6) is 0 Å². The fraction of sp³-hybridized carbons (Fsp3) is 0.810. The van der Waals surface area contributed by atoms with Crippen molar-refractivity contribution in [1.82, 2.24) is 0 Å². The number of halogens is 1. The largest absolute Gasteiger partial charge is 0.501 e. The van der Waals surface area contributed by atoms with E-state index in [4.69, 9.17) is 4.74 Å². The molecule has 0 bridgehead atoms. The van der Waals surface area contributed by atoms with Crippen LogP contribution in [-0.4, -0.2) is 13.3 Å². The van der Waals surface area contributed by atoms with Crippen molar-refractivity contribution >= 4 is 0 Å². The lowest BCUT2D eigenvalue weighted by molar-refractivity contribution is -0.0977. The van der Waals surface area contributed by atoms with E-state index in [1.54, 1.807) is 12.7 Å². The fourth-order valence-corrected chi connectivity index (χ4v) is 6.58. The monoisotopic (exact) mass is 318 g/mol. The number of ether oxygens (including phenoxy) is 1. The molecule has 0 saturated heterocycles. The molecule has 0 aromatic carbocycles. The number of hydrogen-bond acceptors (Lipinski definition) is 1. The van der Waals surface area contributed by atoms with E-state index in [0.717, 1.165) is 43.8 Å². The zero-order valence-electron chi connectivity index (χ0n) is 14.9. The molecule has 0 heterocycles. The molecule has 0 aliphatic heterocycles. The molecule has 6 unspecified atom stereocenters. The normalized spacial score (nSPS) is 49.2. The van der Waals surface area contributed by atoms with Crippen molar-refractivity contribution in [2.75, 3.05) is 7.11 Å². The summed E-state index contributed by atoms with van der Waals surface area (Å²) in [7, 11) is 1.79. The van der Waals surface area contributed by atoms with Crippen molar-refractivity contribution < 1.29 is 9.13 Å². The Hall–Kier alpha value is -0.790. The number of allylic oxidation sites excluding steroid dienone is 3. The van der Waals surface area contributed by atoms with Gasteiger partial charge in [-0.25, -0.2) is 4.39 Å². The SMILES string of the molecule is COC1=CCC2(C)C(=CCC3C2CCC2(C)C(F)CCCC32)C1. The Morgan fingerprint density at radius 1 is 1.13 bits per heavy atom. The van der Waals surface area contributed by atoms with E-state index in [1.807, 2.05) is 0 Å². The summed E-state index contributed by atoms with van der Waals surface area (Å²) in [6.07, 6.45) is 12.9. The Labute approximate surface area is 140 Å². The zero-order chi connectivity index (χ0) is 16.2. The van der Waals surface area contributed by atoms with Crippen LogP contribution in [0.2, 0.25) is 0 Å². The van der Waals surface area contributed by atoms with Gasteiger partial charge in [-0.1, -0.05) is 31.9 Å². The van der Waals surface area contributed by atoms with Gasteiger partial charge in [0.1, 0.15) is 6.17 Å². The molecule has 128 valence electrons. The minimum absolute atomic E-state index is 0.0523. The van der Waals surface area contributed by atoms with E-state index in [1.165, 1.54) is 19.3 Å². The molecule has 0 amide bonds. The Bertz CT molecular complexity index is 550. The molecule has 4 aliphatic rings. The highest BCUT2D eigenvalue weighted by Crippen LogP contribution is 2.64. The van der Waals surface area contributed by atoms with E-state index in [0.29, 0.717) is 11.8 Å². The zero-order valence-corrected chi connectivity index (χ0v) is 14.9. The lowest BCUT2D eigenvalue weighted by Gasteiger charge is -2.59. The molecule has 1 nitrogen and oxygen atoms in total. The van der Waals surface area contributed by atoms with Crippen LogP contribution >= 0.6 is 0 Å². The summed E-state index contributed by atoms with van der Waals surface area (Å²) in [6.45, 7) is 4.72. The number of rotatable bonds is 1. The molecule has 0 N–H and O–H groups in total. The van der Waals surface area contributed by atoms with E-state index < -0.39 is 6.17 Å². The molecule has 4 rings (SSSR count). The molecule has 6 atom stereocenters. The van der Waals surface area contributed by atoms with Crippen LogP contribution in [0.3, 0.4) is 0 Å². The smallest absolute Gasteiger partial charge is 0.106 e. The summed E-state index contributed by atoms with van der Waals surface area (Å²) in [4.78, 5) is 0. The summed E-state index contributed by atoms with van der Waals surface area (Å²) in [6, 6.07) is 0. The molecule has 23 heavy (non-hydrogen) atoms. The van der Waals surface area contributed by atoms with Crippen LogP contribution in [0, 0.1) is 28.6 Å². The molecule has 4 aliphatic carbocycles. The maximum absolute atomic E-state index is 14.7. The van der Waals surface area contributed by atoms with Crippen molar-refractivity contribution in [3.05, 3.63) is 23.5 Å². The second-order valence-electron chi connectivity index (χ2n) is 8.96. The van der Waals surface area contributed by atoms with Gasteiger partial charge in [0.05, 0.1) is 12.9 Å². The van der Waals surface area contributed by atoms with Crippen LogP contribution in [0.1, 0.15) is 65.2 Å². The van der Waals surface area contributed by atoms with Gasteiger partial charge in [-0.3, -0.25) is 0 Å². The highest BCUT2D eigenvalue weighted by Gasteiger charge is 2.57. The first-order valence-electron chi connectivity index (χ1n) is 9.55. The Kier molecular flexibility index (Phi) is 3.66. The van der Waals surface area contributed by atoms with Gasteiger partial charge in [0.2, 0.25) is 0 Å². The third-order valence-electron chi connectivity index (χ3n) is 8.13. The lowest BCUT2D eigenvalue weighted by atomic mass is 9.45. The first kappa shape index (κ1) is 15.7. The Morgan fingerprint density at radius 3 is 2.74 bits per heavy atom. The molecule has 2 saturated carbocycles. The molecule has 0 spiro atoms. The van der Waals surface area contributed by atoms with Gasteiger partial charge in [-0.15, -0.1) is 0 Å². The van der Waals surface area contributed by atoms with Crippen LogP contribution in [0.4, 0.5) is 4.39 Å². The average Bonchev–Trinajstić information content (AvgIpc) is 2.55. The maximum atomic E-state index is 14.7. The van der Waals surface area contributed by atoms with Gasteiger partial charge in [0, 0.05) is 11.8 Å². The van der Waals surface area contributed by atoms with Crippen molar-refractivity contribution in [2.45, 2.75) is 71.4 Å². The highest BCUT2D eigenvalue weighted by atomic mass is 19.1. The van der Waals surface area contributed by atoms with Gasteiger partial charge in [0.15, 0.2) is 0 Å². The standard InChI is InChI=1S/C21H31FO/c1-20-11-9-15(23-3)13-14(20)7-8-16-17-5-4-6-19(22)21(17,2)12-10-18(16)20/h7,9,16-19H,4-6,8,10-13H2,1-3H3. The number of alkyl halides is 1.